The largest absolute Gasteiger partial charge is 0.483 e. The van der Waals surface area contributed by atoms with Crippen LogP contribution in [0.25, 0.3) is 10.2 Å². The fourth-order valence-corrected chi connectivity index (χ4v) is 3.36. The summed E-state index contributed by atoms with van der Waals surface area (Å²) in [6, 6.07) is 10.3. The average Bonchev–Trinajstić information content (AvgIpc) is 2.94. The highest BCUT2D eigenvalue weighted by atomic mass is 35.5. The highest BCUT2D eigenvalue weighted by molar-refractivity contribution is 7.22. The number of ether oxygens (including phenoxy) is 1. The molecule has 25 heavy (non-hydrogen) atoms. The number of carbonyl (C=O) groups excluding carboxylic acids is 2. The maximum absolute atomic E-state index is 12.1. The zero-order valence-corrected chi connectivity index (χ0v) is 14.8. The van der Waals surface area contributed by atoms with E-state index in [1.807, 2.05) is 25.1 Å². The van der Waals surface area contributed by atoms with E-state index in [1.54, 1.807) is 6.07 Å². The Balaban J connectivity index is 1.67. The zero-order valence-electron chi connectivity index (χ0n) is 13.2. The number of nitrogens with one attached hydrogen (secondary N) is 1. The van der Waals surface area contributed by atoms with Gasteiger partial charge in [0, 0.05) is 5.02 Å². The van der Waals surface area contributed by atoms with Gasteiger partial charge in [-0.1, -0.05) is 29.0 Å². The third-order valence-corrected chi connectivity index (χ3v) is 4.52. The molecule has 3 N–H and O–H groups in total. The number of hydrogen-bond acceptors (Lipinski definition) is 5. The van der Waals surface area contributed by atoms with Crippen LogP contribution in [0.5, 0.6) is 5.75 Å². The summed E-state index contributed by atoms with van der Waals surface area (Å²) < 4.78 is 6.38. The van der Waals surface area contributed by atoms with Gasteiger partial charge in [0.25, 0.3) is 11.8 Å². The Bertz CT molecular complexity index is 971. The summed E-state index contributed by atoms with van der Waals surface area (Å²) in [6.07, 6.45) is 0. The minimum Gasteiger partial charge on any atom is -0.483 e. The number of anilines is 1. The van der Waals surface area contributed by atoms with Crippen LogP contribution in [0.2, 0.25) is 5.02 Å². The van der Waals surface area contributed by atoms with E-state index in [9.17, 15) is 9.59 Å². The third-order valence-electron chi connectivity index (χ3n) is 3.36. The lowest BCUT2D eigenvalue weighted by Crippen LogP contribution is -2.21. The van der Waals surface area contributed by atoms with E-state index in [-0.39, 0.29) is 23.8 Å². The average molecular weight is 376 g/mol. The Morgan fingerprint density at radius 1 is 1.28 bits per heavy atom. The van der Waals surface area contributed by atoms with Crippen molar-refractivity contribution in [3.63, 3.8) is 0 Å². The van der Waals surface area contributed by atoms with Crippen LogP contribution in [0.15, 0.2) is 36.4 Å². The second kappa shape index (κ2) is 7.08. The fourth-order valence-electron chi connectivity index (χ4n) is 2.20. The number of thiazole rings is 1. The number of aryl methyl sites for hydroxylation is 1. The summed E-state index contributed by atoms with van der Waals surface area (Å²) in [5, 5.41) is 3.53. The van der Waals surface area contributed by atoms with Gasteiger partial charge in [0.15, 0.2) is 11.7 Å². The van der Waals surface area contributed by atoms with Gasteiger partial charge in [0.05, 0.1) is 15.8 Å². The lowest BCUT2D eigenvalue weighted by Gasteiger charge is -2.09. The molecule has 6 nitrogen and oxygen atoms in total. The van der Waals surface area contributed by atoms with Crippen molar-refractivity contribution in [2.75, 3.05) is 11.9 Å². The predicted molar refractivity (Wildman–Crippen MR) is 98.5 cm³/mol. The van der Waals surface area contributed by atoms with Crippen LogP contribution in [0, 0.1) is 6.92 Å². The molecule has 0 fully saturated rings. The Morgan fingerprint density at radius 3 is 2.84 bits per heavy atom. The van der Waals surface area contributed by atoms with Crippen molar-refractivity contribution in [2.45, 2.75) is 6.92 Å². The molecular weight excluding hydrogens is 362 g/mol. The number of primary amides is 1. The molecule has 3 rings (SSSR count). The van der Waals surface area contributed by atoms with E-state index in [2.05, 4.69) is 10.3 Å². The van der Waals surface area contributed by atoms with Crippen LogP contribution in [-0.4, -0.2) is 23.4 Å². The lowest BCUT2D eigenvalue weighted by atomic mass is 10.2. The summed E-state index contributed by atoms with van der Waals surface area (Å²) in [6.45, 7) is 1.71. The Morgan fingerprint density at radius 2 is 2.08 bits per heavy atom. The van der Waals surface area contributed by atoms with Crippen molar-refractivity contribution in [1.29, 1.82) is 0 Å². The molecule has 0 bridgehead atoms. The van der Waals surface area contributed by atoms with Gasteiger partial charge in [0.2, 0.25) is 0 Å². The van der Waals surface area contributed by atoms with E-state index in [4.69, 9.17) is 22.1 Å². The van der Waals surface area contributed by atoms with Crippen molar-refractivity contribution in [3.05, 3.63) is 52.5 Å². The van der Waals surface area contributed by atoms with E-state index in [1.165, 1.54) is 23.5 Å². The van der Waals surface area contributed by atoms with Crippen LogP contribution in [0.4, 0.5) is 5.13 Å². The van der Waals surface area contributed by atoms with Crippen LogP contribution in [-0.2, 0) is 4.79 Å². The molecule has 0 radical (unpaired) electrons. The van der Waals surface area contributed by atoms with Crippen LogP contribution in [0.1, 0.15) is 15.9 Å². The van der Waals surface area contributed by atoms with Gasteiger partial charge < -0.3 is 10.5 Å². The van der Waals surface area contributed by atoms with E-state index in [0.717, 1.165) is 15.8 Å². The SMILES string of the molecule is Cc1ccc2nc(NC(=O)COc3ccc(Cl)cc3C(N)=O)sc2c1. The van der Waals surface area contributed by atoms with Gasteiger partial charge in [-0.05, 0) is 42.8 Å². The third kappa shape index (κ3) is 4.07. The molecule has 0 saturated heterocycles. The number of halogens is 1. The van der Waals surface area contributed by atoms with Crippen LogP contribution < -0.4 is 15.8 Å². The maximum atomic E-state index is 12.1. The summed E-state index contributed by atoms with van der Waals surface area (Å²) in [5.74, 6) is -0.868. The van der Waals surface area contributed by atoms with Gasteiger partial charge in [-0.2, -0.15) is 0 Å². The van der Waals surface area contributed by atoms with E-state index < -0.39 is 5.91 Å². The maximum Gasteiger partial charge on any atom is 0.264 e. The molecule has 3 aromatic rings. The van der Waals surface area contributed by atoms with Crippen molar-refractivity contribution < 1.29 is 14.3 Å². The molecule has 0 saturated carbocycles. The predicted octanol–water partition coefficient (Wildman–Crippen LogP) is 3.37. The van der Waals surface area contributed by atoms with Gasteiger partial charge >= 0.3 is 0 Å². The highest BCUT2D eigenvalue weighted by Crippen LogP contribution is 2.27. The van der Waals surface area contributed by atoms with Gasteiger partial charge in [-0.3, -0.25) is 14.9 Å². The molecule has 2 amide bonds. The number of nitrogens with two attached hydrogens (primary N) is 1. The topological polar surface area (TPSA) is 94.3 Å². The van der Waals surface area contributed by atoms with Crippen molar-refractivity contribution in [2.24, 2.45) is 5.73 Å². The van der Waals surface area contributed by atoms with Gasteiger partial charge in [0.1, 0.15) is 5.75 Å². The highest BCUT2D eigenvalue weighted by Gasteiger charge is 2.13. The number of carbonyl (C=O) groups is 2. The number of rotatable bonds is 5. The number of amides is 2. The molecule has 1 aromatic heterocycles. The summed E-state index contributed by atoms with van der Waals surface area (Å²) in [5.41, 5.74) is 7.35. The molecule has 1 heterocycles. The smallest absolute Gasteiger partial charge is 0.264 e. The molecule has 0 aliphatic heterocycles. The summed E-state index contributed by atoms with van der Waals surface area (Å²) in [7, 11) is 0. The zero-order chi connectivity index (χ0) is 18.0. The first kappa shape index (κ1) is 17.2. The van der Waals surface area contributed by atoms with Gasteiger partial charge in [-0.15, -0.1) is 0 Å². The van der Waals surface area contributed by atoms with E-state index in [0.29, 0.717) is 10.2 Å². The second-order valence-corrected chi connectivity index (χ2v) is 6.80. The molecular formula is C17H14ClN3O3S. The molecule has 2 aromatic carbocycles. The first-order chi connectivity index (χ1) is 11.9. The van der Waals surface area contributed by atoms with Crippen LogP contribution >= 0.6 is 22.9 Å². The Kier molecular flexibility index (Phi) is 4.87. The number of aromatic nitrogens is 1. The second-order valence-electron chi connectivity index (χ2n) is 5.33. The quantitative estimate of drug-likeness (QED) is 0.714. The normalized spacial score (nSPS) is 10.6. The Labute approximate surface area is 152 Å². The fraction of sp³-hybridized carbons (Fsp3) is 0.118. The summed E-state index contributed by atoms with van der Waals surface area (Å²) in [4.78, 5) is 27.8. The number of benzene rings is 2. The molecule has 128 valence electrons. The molecule has 8 heteroatoms. The van der Waals surface area contributed by atoms with Crippen molar-refractivity contribution >= 4 is 50.1 Å². The minimum absolute atomic E-state index is 0.121. The first-order valence-corrected chi connectivity index (χ1v) is 8.51. The minimum atomic E-state index is -0.681. The standard InChI is InChI=1S/C17H14ClN3O3S/c1-9-2-4-12-14(6-9)25-17(20-12)21-15(22)8-24-13-5-3-10(18)7-11(13)16(19)23/h2-7H,8H2,1H3,(H2,19,23)(H,20,21,22). The number of fused-ring (bicyclic) bond motifs is 1. The lowest BCUT2D eigenvalue weighted by molar-refractivity contribution is -0.118. The molecule has 0 unspecified atom stereocenters. The molecule has 0 atom stereocenters. The first-order valence-electron chi connectivity index (χ1n) is 7.31. The monoisotopic (exact) mass is 375 g/mol. The number of hydrogen-bond donors (Lipinski definition) is 2. The summed E-state index contributed by atoms with van der Waals surface area (Å²) >= 11 is 7.21. The van der Waals surface area contributed by atoms with Crippen LogP contribution in [0.3, 0.4) is 0 Å². The molecule has 0 spiro atoms. The number of nitrogens with zero attached hydrogens (tertiary/aromatic N) is 1. The van der Waals surface area contributed by atoms with Crippen molar-refractivity contribution in [3.8, 4) is 5.75 Å². The van der Waals surface area contributed by atoms with Crippen molar-refractivity contribution in [1.82, 2.24) is 4.98 Å². The van der Waals surface area contributed by atoms with E-state index >= 15 is 0 Å². The molecule has 0 aliphatic carbocycles. The Hall–Kier alpha value is -2.64. The molecule has 0 aliphatic rings. The van der Waals surface area contributed by atoms with Gasteiger partial charge in [-0.25, -0.2) is 4.98 Å².